The smallest absolute Gasteiger partial charge is 0.243 e. The predicted octanol–water partition coefficient (Wildman–Crippen LogP) is 3.88. The number of nitrogens with one attached hydrogen (secondary N) is 1. The van der Waals surface area contributed by atoms with Gasteiger partial charge in [-0.05, 0) is 37.0 Å². The summed E-state index contributed by atoms with van der Waals surface area (Å²) < 4.78 is 27.6. The van der Waals surface area contributed by atoms with E-state index in [2.05, 4.69) is 10.3 Å². The second-order valence-corrected chi connectivity index (χ2v) is 10.6. The van der Waals surface area contributed by atoms with Crippen LogP contribution in [0.2, 0.25) is 0 Å². The summed E-state index contributed by atoms with van der Waals surface area (Å²) in [5.74, 6) is -0.241. The van der Waals surface area contributed by atoms with Gasteiger partial charge in [0.2, 0.25) is 15.9 Å². The molecule has 1 aliphatic rings. The fourth-order valence-electron chi connectivity index (χ4n) is 3.89. The molecule has 3 aromatic rings. The highest BCUT2D eigenvalue weighted by atomic mass is 32.2. The Labute approximate surface area is 193 Å². The van der Waals surface area contributed by atoms with Crippen molar-refractivity contribution in [2.45, 2.75) is 43.5 Å². The van der Waals surface area contributed by atoms with Crippen LogP contribution in [-0.4, -0.2) is 42.7 Å². The van der Waals surface area contributed by atoms with E-state index in [1.807, 2.05) is 54.8 Å². The largest absolute Gasteiger partial charge is 0.354 e. The first-order chi connectivity index (χ1) is 15.5. The first-order valence-electron chi connectivity index (χ1n) is 10.9. The Kier molecular flexibility index (Phi) is 7.03. The molecular formula is C24H27N3O3S2. The Morgan fingerprint density at radius 3 is 2.62 bits per heavy atom. The van der Waals surface area contributed by atoms with E-state index in [4.69, 9.17) is 0 Å². The monoisotopic (exact) mass is 469 g/mol. The van der Waals surface area contributed by atoms with Gasteiger partial charge in [-0.15, -0.1) is 11.3 Å². The number of hydrogen-bond acceptors (Lipinski definition) is 5. The number of carbonyl (C=O) groups is 1. The van der Waals surface area contributed by atoms with E-state index in [1.165, 1.54) is 4.31 Å². The fourth-order valence-corrected chi connectivity index (χ4v) is 6.41. The van der Waals surface area contributed by atoms with Gasteiger partial charge in [0, 0.05) is 30.5 Å². The zero-order chi connectivity index (χ0) is 22.6. The molecule has 0 bridgehead atoms. The van der Waals surface area contributed by atoms with Gasteiger partial charge in [-0.3, -0.25) is 4.79 Å². The summed E-state index contributed by atoms with van der Waals surface area (Å²) in [6.07, 6.45) is 2.66. The molecule has 0 radical (unpaired) electrons. The van der Waals surface area contributed by atoms with Gasteiger partial charge in [-0.1, -0.05) is 49.4 Å². The number of rotatable bonds is 8. The Morgan fingerprint density at radius 2 is 1.91 bits per heavy atom. The highest BCUT2D eigenvalue weighted by Crippen LogP contribution is 2.27. The quantitative estimate of drug-likeness (QED) is 0.543. The maximum absolute atomic E-state index is 13.1. The number of sulfonamides is 1. The van der Waals surface area contributed by atoms with Crippen LogP contribution < -0.4 is 5.32 Å². The van der Waals surface area contributed by atoms with Crippen molar-refractivity contribution >= 4 is 27.3 Å². The second-order valence-electron chi connectivity index (χ2n) is 7.82. The van der Waals surface area contributed by atoms with Gasteiger partial charge < -0.3 is 5.32 Å². The molecule has 1 atom stereocenters. The van der Waals surface area contributed by atoms with Crippen molar-refractivity contribution in [1.82, 2.24) is 14.6 Å². The minimum atomic E-state index is -3.70. The molecule has 1 saturated heterocycles. The van der Waals surface area contributed by atoms with Crippen LogP contribution in [0, 0.1) is 0 Å². The molecule has 2 aromatic carbocycles. The number of aryl methyl sites for hydroxylation is 1. The number of benzene rings is 2. The Morgan fingerprint density at radius 1 is 1.16 bits per heavy atom. The highest BCUT2D eigenvalue weighted by molar-refractivity contribution is 7.89. The van der Waals surface area contributed by atoms with Crippen LogP contribution in [0.5, 0.6) is 0 Å². The first-order valence-corrected chi connectivity index (χ1v) is 13.2. The van der Waals surface area contributed by atoms with Crippen LogP contribution in [0.3, 0.4) is 0 Å². The molecule has 1 N–H and O–H groups in total. The molecule has 0 aliphatic carbocycles. The summed E-state index contributed by atoms with van der Waals surface area (Å²) in [5.41, 5.74) is 3.07. The molecule has 8 heteroatoms. The molecule has 168 valence electrons. The maximum Gasteiger partial charge on any atom is 0.243 e. The van der Waals surface area contributed by atoms with Crippen molar-refractivity contribution < 1.29 is 13.2 Å². The van der Waals surface area contributed by atoms with Crippen LogP contribution in [-0.2, 0) is 27.7 Å². The van der Waals surface area contributed by atoms with Crippen LogP contribution in [0.25, 0.3) is 10.6 Å². The zero-order valence-electron chi connectivity index (χ0n) is 18.0. The molecule has 32 heavy (non-hydrogen) atoms. The fraction of sp³-hybridized carbons (Fsp3) is 0.333. The summed E-state index contributed by atoms with van der Waals surface area (Å²) in [5, 5.41) is 5.87. The SMILES string of the molecule is CCc1ccc(S(=O)(=O)N2CCCC2C(=O)NCCc2csc(-c3ccccc3)n2)cc1. The van der Waals surface area contributed by atoms with Gasteiger partial charge in [0.25, 0.3) is 0 Å². The third kappa shape index (κ3) is 4.92. The number of nitrogens with zero attached hydrogens (tertiary/aromatic N) is 2. The first kappa shape index (κ1) is 22.6. The standard InChI is InChI=1S/C24H27N3O3S2/c1-2-18-10-12-21(13-11-18)32(29,30)27-16-6-9-22(27)23(28)25-15-14-20-17-31-24(26-20)19-7-4-3-5-8-19/h3-5,7-8,10-13,17,22H,2,6,9,14-16H2,1H3,(H,25,28). The molecule has 2 heterocycles. The number of aromatic nitrogens is 1. The van der Waals surface area contributed by atoms with Gasteiger partial charge in [0.15, 0.2) is 0 Å². The molecule has 4 rings (SSSR count). The van der Waals surface area contributed by atoms with E-state index in [0.29, 0.717) is 32.4 Å². The normalized spacial score (nSPS) is 16.8. The van der Waals surface area contributed by atoms with Crippen LogP contribution in [0.1, 0.15) is 31.0 Å². The number of thiazole rings is 1. The molecule has 0 spiro atoms. The lowest BCUT2D eigenvalue weighted by molar-refractivity contribution is -0.124. The van der Waals surface area contributed by atoms with E-state index in [1.54, 1.807) is 23.5 Å². The van der Waals surface area contributed by atoms with E-state index >= 15 is 0 Å². The van der Waals surface area contributed by atoms with Crippen molar-refractivity contribution in [3.63, 3.8) is 0 Å². The third-order valence-corrected chi connectivity index (χ3v) is 8.56. The number of amides is 1. The lowest BCUT2D eigenvalue weighted by Gasteiger charge is -2.23. The summed E-state index contributed by atoms with van der Waals surface area (Å²) in [6.45, 7) is 2.81. The van der Waals surface area contributed by atoms with Crippen molar-refractivity contribution in [2.75, 3.05) is 13.1 Å². The lowest BCUT2D eigenvalue weighted by Crippen LogP contribution is -2.46. The second kappa shape index (κ2) is 9.94. The van der Waals surface area contributed by atoms with Crippen molar-refractivity contribution in [3.8, 4) is 10.6 Å². The average molecular weight is 470 g/mol. The van der Waals surface area contributed by atoms with Crippen molar-refractivity contribution in [2.24, 2.45) is 0 Å². The van der Waals surface area contributed by atoms with Gasteiger partial charge in [0.1, 0.15) is 11.0 Å². The molecular weight excluding hydrogens is 442 g/mol. The Hall–Kier alpha value is -2.55. The minimum absolute atomic E-state index is 0.241. The Balaban J connectivity index is 1.36. The molecule has 1 fully saturated rings. The number of hydrogen-bond donors (Lipinski definition) is 1. The molecule has 0 saturated carbocycles. The summed E-state index contributed by atoms with van der Waals surface area (Å²) in [4.78, 5) is 17.7. The van der Waals surface area contributed by atoms with E-state index in [9.17, 15) is 13.2 Å². The van der Waals surface area contributed by atoms with Gasteiger partial charge >= 0.3 is 0 Å². The van der Waals surface area contributed by atoms with Crippen molar-refractivity contribution in [3.05, 3.63) is 71.2 Å². The molecule has 1 unspecified atom stereocenters. The molecule has 6 nitrogen and oxygen atoms in total. The zero-order valence-corrected chi connectivity index (χ0v) is 19.7. The summed E-state index contributed by atoms with van der Waals surface area (Å²) >= 11 is 1.58. The highest BCUT2D eigenvalue weighted by Gasteiger charge is 2.39. The molecule has 1 aliphatic heterocycles. The predicted molar refractivity (Wildman–Crippen MR) is 127 cm³/mol. The van der Waals surface area contributed by atoms with Crippen LogP contribution >= 0.6 is 11.3 Å². The lowest BCUT2D eigenvalue weighted by atomic mass is 10.2. The van der Waals surface area contributed by atoms with Gasteiger partial charge in [-0.2, -0.15) is 4.31 Å². The van der Waals surface area contributed by atoms with Gasteiger partial charge in [-0.25, -0.2) is 13.4 Å². The third-order valence-electron chi connectivity index (χ3n) is 5.70. The van der Waals surface area contributed by atoms with E-state index in [0.717, 1.165) is 28.2 Å². The van der Waals surface area contributed by atoms with Crippen molar-refractivity contribution in [1.29, 1.82) is 0 Å². The molecule has 1 aromatic heterocycles. The molecule has 1 amide bonds. The van der Waals surface area contributed by atoms with Gasteiger partial charge in [0.05, 0.1) is 10.6 Å². The minimum Gasteiger partial charge on any atom is -0.354 e. The van der Waals surface area contributed by atoms with E-state index in [-0.39, 0.29) is 10.8 Å². The average Bonchev–Trinajstić information content (AvgIpc) is 3.50. The summed E-state index contributed by atoms with van der Waals surface area (Å²) in [6, 6.07) is 16.2. The Bertz CT molecular complexity index is 1160. The maximum atomic E-state index is 13.1. The summed E-state index contributed by atoms with van der Waals surface area (Å²) in [7, 11) is -3.70. The number of carbonyl (C=O) groups excluding carboxylic acids is 1. The topological polar surface area (TPSA) is 79.4 Å². The van der Waals surface area contributed by atoms with E-state index < -0.39 is 16.1 Å². The van der Waals surface area contributed by atoms with Crippen LogP contribution in [0.4, 0.5) is 0 Å². The van der Waals surface area contributed by atoms with Crippen LogP contribution in [0.15, 0.2) is 64.9 Å².